The van der Waals surface area contributed by atoms with Crippen LogP contribution in [0.4, 0.5) is 27.7 Å². The molecule has 3 aromatic rings. The van der Waals surface area contributed by atoms with E-state index in [1.807, 2.05) is 61.5 Å². The summed E-state index contributed by atoms with van der Waals surface area (Å²) in [7, 11) is 0. The fraction of sp³-hybridized carbons (Fsp3) is 0.269. The van der Waals surface area contributed by atoms with Crippen molar-refractivity contribution in [2.24, 2.45) is 5.73 Å². The van der Waals surface area contributed by atoms with E-state index in [1.54, 1.807) is 11.0 Å². The number of benzene rings is 2. The van der Waals surface area contributed by atoms with E-state index >= 15 is 0 Å². The van der Waals surface area contributed by atoms with Crippen LogP contribution in [0.25, 0.3) is 0 Å². The number of hydrogen-bond acceptors (Lipinski definition) is 7. The lowest BCUT2D eigenvalue weighted by molar-refractivity contribution is 0.0999. The quantitative estimate of drug-likeness (QED) is 0.455. The molecule has 0 aliphatic carbocycles. The Morgan fingerprint density at radius 2 is 1.74 bits per heavy atom. The second-order valence-corrected chi connectivity index (χ2v) is 8.16. The van der Waals surface area contributed by atoms with Gasteiger partial charge in [0.15, 0.2) is 0 Å². The fourth-order valence-electron chi connectivity index (χ4n) is 3.92. The Balaban J connectivity index is 1.39. The first-order chi connectivity index (χ1) is 17.0. The van der Waals surface area contributed by atoms with Gasteiger partial charge in [0.05, 0.1) is 17.9 Å². The zero-order chi connectivity index (χ0) is 24.6. The zero-order valence-corrected chi connectivity index (χ0v) is 19.7. The molecule has 1 fully saturated rings. The third kappa shape index (κ3) is 6.20. The number of nitrogens with one attached hydrogen (secondary N) is 2. The highest BCUT2D eigenvalue weighted by Crippen LogP contribution is 2.25. The molecule has 4 N–H and O–H groups in total. The van der Waals surface area contributed by atoms with E-state index in [0.29, 0.717) is 43.3 Å². The van der Waals surface area contributed by atoms with Gasteiger partial charge in [-0.25, -0.2) is 9.78 Å². The molecule has 4 rings (SSSR count). The SMILES string of the molecule is CCOC(=O)N1CCN(c2ccc(Nc3cc(NCc4ccccc4)c(C(N)=O)cn3)cc2)CC1. The van der Waals surface area contributed by atoms with Crippen molar-refractivity contribution in [3.63, 3.8) is 0 Å². The smallest absolute Gasteiger partial charge is 0.409 e. The van der Waals surface area contributed by atoms with E-state index in [4.69, 9.17) is 10.5 Å². The van der Waals surface area contributed by atoms with Crippen LogP contribution < -0.4 is 21.3 Å². The molecule has 9 heteroatoms. The first-order valence-electron chi connectivity index (χ1n) is 11.6. The van der Waals surface area contributed by atoms with Crippen molar-refractivity contribution < 1.29 is 14.3 Å². The first-order valence-corrected chi connectivity index (χ1v) is 11.6. The summed E-state index contributed by atoms with van der Waals surface area (Å²) in [6, 6.07) is 19.7. The van der Waals surface area contributed by atoms with Crippen LogP contribution in [0, 0.1) is 0 Å². The molecule has 2 amide bonds. The maximum atomic E-state index is 11.9. The molecule has 35 heavy (non-hydrogen) atoms. The van der Waals surface area contributed by atoms with Gasteiger partial charge in [-0.15, -0.1) is 0 Å². The molecule has 9 nitrogen and oxygen atoms in total. The van der Waals surface area contributed by atoms with Crippen molar-refractivity contribution in [2.75, 3.05) is 48.3 Å². The molecule has 2 aromatic carbocycles. The van der Waals surface area contributed by atoms with E-state index in [0.717, 1.165) is 30.0 Å². The summed E-state index contributed by atoms with van der Waals surface area (Å²) in [6.45, 7) is 5.52. The van der Waals surface area contributed by atoms with Gasteiger partial charge >= 0.3 is 6.09 Å². The van der Waals surface area contributed by atoms with E-state index in [1.165, 1.54) is 6.20 Å². The molecule has 0 spiro atoms. The predicted molar refractivity (Wildman–Crippen MR) is 137 cm³/mol. The van der Waals surface area contributed by atoms with E-state index in [-0.39, 0.29) is 6.09 Å². The largest absolute Gasteiger partial charge is 0.450 e. The topological polar surface area (TPSA) is 113 Å². The highest BCUT2D eigenvalue weighted by molar-refractivity contribution is 5.98. The Hall–Kier alpha value is -4.27. The third-order valence-corrected chi connectivity index (χ3v) is 5.81. The van der Waals surface area contributed by atoms with Crippen molar-refractivity contribution in [3.8, 4) is 0 Å². The van der Waals surface area contributed by atoms with Crippen LogP contribution >= 0.6 is 0 Å². The Morgan fingerprint density at radius 1 is 1.03 bits per heavy atom. The molecule has 1 aliphatic rings. The lowest BCUT2D eigenvalue weighted by Gasteiger charge is -2.35. The van der Waals surface area contributed by atoms with Gasteiger partial charge in [0.25, 0.3) is 5.91 Å². The number of piperazine rings is 1. The van der Waals surface area contributed by atoms with Crippen LogP contribution in [0.15, 0.2) is 66.9 Å². The molecule has 0 atom stereocenters. The molecule has 0 bridgehead atoms. The molecular formula is C26H30N6O3. The Labute approximate surface area is 204 Å². The predicted octanol–water partition coefficient (Wildman–Crippen LogP) is 3.81. The number of nitrogens with two attached hydrogens (primary N) is 1. The van der Waals surface area contributed by atoms with Gasteiger partial charge in [0, 0.05) is 56.4 Å². The summed E-state index contributed by atoms with van der Waals surface area (Å²) in [5.74, 6) is 0.0633. The number of rotatable bonds is 8. The van der Waals surface area contributed by atoms with Gasteiger partial charge in [-0.05, 0) is 36.8 Å². The number of amides is 2. The molecule has 1 aromatic heterocycles. The molecule has 0 unspecified atom stereocenters. The molecular weight excluding hydrogens is 444 g/mol. The van der Waals surface area contributed by atoms with Crippen LogP contribution in [0.5, 0.6) is 0 Å². The summed E-state index contributed by atoms with van der Waals surface area (Å²) in [5.41, 5.74) is 9.54. The number of aromatic nitrogens is 1. The molecule has 1 aliphatic heterocycles. The van der Waals surface area contributed by atoms with Crippen LogP contribution in [-0.2, 0) is 11.3 Å². The maximum Gasteiger partial charge on any atom is 0.409 e. The average molecular weight is 475 g/mol. The van der Waals surface area contributed by atoms with Gasteiger partial charge in [-0.3, -0.25) is 4.79 Å². The number of pyridine rings is 1. The van der Waals surface area contributed by atoms with Gasteiger partial charge in [-0.2, -0.15) is 0 Å². The van der Waals surface area contributed by atoms with Crippen molar-refractivity contribution >= 4 is 34.9 Å². The number of primary amides is 1. The van der Waals surface area contributed by atoms with E-state index < -0.39 is 5.91 Å². The van der Waals surface area contributed by atoms with E-state index in [2.05, 4.69) is 20.5 Å². The fourth-order valence-corrected chi connectivity index (χ4v) is 3.92. The van der Waals surface area contributed by atoms with Crippen LogP contribution in [-0.4, -0.2) is 54.7 Å². The van der Waals surface area contributed by atoms with Gasteiger partial charge < -0.3 is 30.9 Å². The number of carbonyl (C=O) groups is 2. The normalized spacial score (nSPS) is 13.3. The van der Waals surface area contributed by atoms with Crippen molar-refractivity contribution in [3.05, 3.63) is 78.0 Å². The number of ether oxygens (including phenoxy) is 1. The summed E-state index contributed by atoms with van der Waals surface area (Å²) in [5, 5.41) is 6.57. The average Bonchev–Trinajstić information content (AvgIpc) is 2.89. The Bertz CT molecular complexity index is 1150. The minimum atomic E-state index is -0.535. The molecule has 1 saturated heterocycles. The third-order valence-electron chi connectivity index (χ3n) is 5.81. The summed E-state index contributed by atoms with van der Waals surface area (Å²) >= 11 is 0. The van der Waals surface area contributed by atoms with Gasteiger partial charge in [-0.1, -0.05) is 30.3 Å². The number of anilines is 4. The monoisotopic (exact) mass is 474 g/mol. The molecule has 182 valence electrons. The van der Waals surface area contributed by atoms with Crippen LogP contribution in [0.1, 0.15) is 22.8 Å². The van der Waals surface area contributed by atoms with Gasteiger partial charge in [0.2, 0.25) is 0 Å². The van der Waals surface area contributed by atoms with Crippen molar-refractivity contribution in [1.82, 2.24) is 9.88 Å². The summed E-state index contributed by atoms with van der Waals surface area (Å²) in [4.78, 5) is 32.1. The van der Waals surface area contributed by atoms with Crippen molar-refractivity contribution in [2.45, 2.75) is 13.5 Å². The maximum absolute atomic E-state index is 11.9. The number of nitrogens with zero attached hydrogens (tertiary/aromatic N) is 3. The van der Waals surface area contributed by atoms with E-state index in [9.17, 15) is 9.59 Å². The minimum Gasteiger partial charge on any atom is -0.450 e. The molecule has 0 radical (unpaired) electrons. The Morgan fingerprint density at radius 3 is 2.40 bits per heavy atom. The molecule has 2 heterocycles. The Kier molecular flexibility index (Phi) is 7.67. The highest BCUT2D eigenvalue weighted by atomic mass is 16.6. The lowest BCUT2D eigenvalue weighted by atomic mass is 10.2. The van der Waals surface area contributed by atoms with Crippen LogP contribution in [0.3, 0.4) is 0 Å². The summed E-state index contributed by atoms with van der Waals surface area (Å²) in [6.07, 6.45) is 1.23. The lowest BCUT2D eigenvalue weighted by Crippen LogP contribution is -2.49. The minimum absolute atomic E-state index is 0.251. The number of hydrogen-bond donors (Lipinski definition) is 3. The summed E-state index contributed by atoms with van der Waals surface area (Å²) < 4.78 is 5.09. The second-order valence-electron chi connectivity index (χ2n) is 8.16. The second kappa shape index (κ2) is 11.2. The van der Waals surface area contributed by atoms with Crippen molar-refractivity contribution in [1.29, 1.82) is 0 Å². The first kappa shape index (κ1) is 23.9. The highest BCUT2D eigenvalue weighted by Gasteiger charge is 2.22. The van der Waals surface area contributed by atoms with Crippen LogP contribution in [0.2, 0.25) is 0 Å². The zero-order valence-electron chi connectivity index (χ0n) is 19.7. The number of carbonyl (C=O) groups excluding carboxylic acids is 2. The van der Waals surface area contributed by atoms with Gasteiger partial charge in [0.1, 0.15) is 5.82 Å². The molecule has 0 saturated carbocycles. The standard InChI is InChI=1S/C26H30N6O3/c1-2-35-26(34)32-14-12-31(13-15-32)21-10-8-20(9-11-21)30-24-16-23(22(18-29-24)25(27)33)28-17-19-6-4-3-5-7-19/h3-11,16,18H,2,12-15,17H2,1H3,(H2,27,33)(H2,28,29,30).